The molecule has 33 heavy (non-hydrogen) atoms. The zero-order valence-electron chi connectivity index (χ0n) is 19.7. The minimum atomic E-state index is 0. The third-order valence-electron chi connectivity index (χ3n) is 6.51. The van der Waals surface area contributed by atoms with Crippen molar-refractivity contribution < 1.29 is 4.79 Å². The Morgan fingerprint density at radius 2 is 2.03 bits per heavy atom. The number of nitrogens with one attached hydrogen (secondary N) is 2. The molecule has 180 valence electrons. The number of amides is 1. The van der Waals surface area contributed by atoms with Gasteiger partial charge in [0.25, 0.3) is 0 Å². The Morgan fingerprint density at radius 1 is 1.24 bits per heavy atom. The number of anilines is 1. The summed E-state index contributed by atoms with van der Waals surface area (Å²) in [5, 5.41) is 15.4. The monoisotopic (exact) mass is 566 g/mol. The number of carbonyl (C=O) groups excluding carboxylic acids is 1. The predicted molar refractivity (Wildman–Crippen MR) is 141 cm³/mol. The molecule has 1 amide bonds. The highest BCUT2D eigenvalue weighted by Crippen LogP contribution is 2.21. The van der Waals surface area contributed by atoms with Gasteiger partial charge in [0.1, 0.15) is 12.4 Å². The van der Waals surface area contributed by atoms with Gasteiger partial charge in [0.15, 0.2) is 11.8 Å². The van der Waals surface area contributed by atoms with Crippen LogP contribution in [0.2, 0.25) is 0 Å². The first-order chi connectivity index (χ1) is 15.5. The number of benzene rings is 1. The van der Waals surface area contributed by atoms with Gasteiger partial charge in [0.2, 0.25) is 5.91 Å². The molecular weight excluding hydrogens is 531 g/mol. The van der Waals surface area contributed by atoms with E-state index < -0.39 is 0 Å². The highest BCUT2D eigenvalue weighted by atomic mass is 127. The molecule has 1 aromatic heterocycles. The lowest BCUT2D eigenvalue weighted by molar-refractivity contribution is -0.117. The van der Waals surface area contributed by atoms with Crippen LogP contribution in [0.4, 0.5) is 5.69 Å². The van der Waals surface area contributed by atoms with Gasteiger partial charge in [-0.1, -0.05) is 25.1 Å². The van der Waals surface area contributed by atoms with Crippen LogP contribution in [-0.4, -0.2) is 69.8 Å². The van der Waals surface area contributed by atoms with Crippen LogP contribution in [0.25, 0.3) is 0 Å². The maximum Gasteiger partial charge on any atom is 0.229 e. The molecule has 0 aliphatic carbocycles. The van der Waals surface area contributed by atoms with Crippen LogP contribution in [0.15, 0.2) is 35.3 Å². The average Bonchev–Trinajstić information content (AvgIpc) is 3.50. The Bertz CT molecular complexity index is 947. The number of aliphatic imine (C=N–C) groups is 1. The van der Waals surface area contributed by atoms with Crippen LogP contribution in [0.3, 0.4) is 0 Å². The van der Waals surface area contributed by atoms with Gasteiger partial charge < -0.3 is 20.1 Å². The molecule has 2 atom stereocenters. The highest BCUT2D eigenvalue weighted by Gasteiger charge is 2.31. The highest BCUT2D eigenvalue weighted by molar-refractivity contribution is 14.0. The normalized spacial score (nSPS) is 21.4. The number of aryl methyl sites for hydroxylation is 1. The summed E-state index contributed by atoms with van der Waals surface area (Å²) >= 11 is 0. The van der Waals surface area contributed by atoms with Gasteiger partial charge in [-0.3, -0.25) is 9.69 Å². The number of likely N-dealkylation sites (N-methyl/N-ethyl adjacent to an activating group) is 1. The number of carbonyl (C=O) groups is 1. The molecule has 2 aliphatic rings. The van der Waals surface area contributed by atoms with Crippen LogP contribution in [-0.2, 0) is 18.4 Å². The van der Waals surface area contributed by atoms with E-state index in [2.05, 4.69) is 32.7 Å². The molecule has 0 spiro atoms. The number of likely N-dealkylation sites (tertiary alicyclic amines) is 1. The van der Waals surface area contributed by atoms with Crippen LogP contribution in [0.5, 0.6) is 0 Å². The summed E-state index contributed by atoms with van der Waals surface area (Å²) in [7, 11) is 1.95. The zero-order chi connectivity index (χ0) is 22.5. The predicted octanol–water partition coefficient (Wildman–Crippen LogP) is 2.07. The average molecular weight is 566 g/mol. The summed E-state index contributed by atoms with van der Waals surface area (Å²) < 4.78 is 1.95. The summed E-state index contributed by atoms with van der Waals surface area (Å²) in [6.45, 7) is 8.25. The lowest BCUT2D eigenvalue weighted by Crippen LogP contribution is -2.48. The lowest BCUT2D eigenvalue weighted by Gasteiger charge is -2.25. The minimum absolute atomic E-state index is 0. The number of guanidine groups is 1. The van der Waals surface area contributed by atoms with Gasteiger partial charge in [-0.15, -0.1) is 34.2 Å². The summed E-state index contributed by atoms with van der Waals surface area (Å²) in [6.07, 6.45) is 2.88. The molecule has 10 heteroatoms. The Balaban J connectivity index is 0.00000306. The first kappa shape index (κ1) is 25.4. The van der Waals surface area contributed by atoms with Crippen LogP contribution < -0.4 is 15.5 Å². The van der Waals surface area contributed by atoms with E-state index in [1.165, 1.54) is 12.8 Å². The van der Waals surface area contributed by atoms with Crippen molar-refractivity contribution >= 4 is 41.5 Å². The standard InChI is InChI=1S/C23H34N8O.HI/c1-4-30-12-8-11-20(30)14-24-23(25-15-21-28-27-17(2)29(21)3)26-18-13-22(32)31(16-18)19-9-6-5-7-10-19;/h5-7,9-10,18,20H,4,8,11-16H2,1-3H3,(H2,24,25,26);1H. The van der Waals surface area contributed by atoms with Gasteiger partial charge in [-0.2, -0.15) is 0 Å². The number of nitrogens with zero attached hydrogens (tertiary/aromatic N) is 6. The van der Waals surface area contributed by atoms with Crippen molar-refractivity contribution in [3.05, 3.63) is 42.0 Å². The fourth-order valence-electron chi connectivity index (χ4n) is 4.50. The molecule has 0 saturated carbocycles. The summed E-state index contributed by atoms with van der Waals surface area (Å²) in [5.74, 6) is 2.53. The molecule has 2 unspecified atom stereocenters. The molecule has 2 aromatic rings. The quantitative estimate of drug-likeness (QED) is 0.303. The van der Waals surface area contributed by atoms with Crippen molar-refractivity contribution in [3.63, 3.8) is 0 Å². The van der Waals surface area contributed by atoms with Crippen LogP contribution >= 0.6 is 24.0 Å². The van der Waals surface area contributed by atoms with E-state index in [-0.39, 0.29) is 35.9 Å². The fraction of sp³-hybridized carbons (Fsp3) is 0.565. The molecule has 2 aliphatic heterocycles. The maximum atomic E-state index is 12.6. The zero-order valence-corrected chi connectivity index (χ0v) is 22.0. The largest absolute Gasteiger partial charge is 0.355 e. The minimum Gasteiger partial charge on any atom is -0.355 e. The van der Waals surface area contributed by atoms with Crippen molar-refractivity contribution in [3.8, 4) is 0 Å². The molecule has 4 rings (SSSR count). The number of halogens is 1. The first-order valence-electron chi connectivity index (χ1n) is 11.5. The van der Waals surface area contributed by atoms with Gasteiger partial charge in [0.05, 0.1) is 6.04 Å². The lowest BCUT2D eigenvalue weighted by atomic mass is 10.2. The molecule has 3 heterocycles. The second-order valence-corrected chi connectivity index (χ2v) is 8.58. The second-order valence-electron chi connectivity index (χ2n) is 8.58. The van der Waals surface area contributed by atoms with E-state index in [0.29, 0.717) is 25.6 Å². The van der Waals surface area contributed by atoms with E-state index in [1.54, 1.807) is 0 Å². The van der Waals surface area contributed by atoms with Crippen molar-refractivity contribution in [2.24, 2.45) is 12.0 Å². The number of hydrogen-bond acceptors (Lipinski definition) is 5. The van der Waals surface area contributed by atoms with Crippen LogP contribution in [0, 0.1) is 6.92 Å². The number of hydrogen-bond donors (Lipinski definition) is 2. The molecule has 0 radical (unpaired) electrons. The van der Waals surface area contributed by atoms with Gasteiger partial charge in [0, 0.05) is 38.3 Å². The number of para-hydroxylation sites is 1. The molecule has 2 fully saturated rings. The summed E-state index contributed by atoms with van der Waals surface area (Å²) in [5.41, 5.74) is 0.937. The molecule has 1 aromatic carbocycles. The summed E-state index contributed by atoms with van der Waals surface area (Å²) in [6, 6.07) is 10.3. The number of aromatic nitrogens is 3. The molecule has 2 saturated heterocycles. The van der Waals surface area contributed by atoms with E-state index in [9.17, 15) is 4.79 Å². The van der Waals surface area contributed by atoms with Crippen molar-refractivity contribution in [2.75, 3.05) is 31.1 Å². The number of rotatable bonds is 7. The maximum absolute atomic E-state index is 12.6. The Hall–Kier alpha value is -2.21. The SMILES string of the molecule is CCN1CCCC1CNC(=NCc1nnc(C)n1C)NC1CC(=O)N(c2ccccc2)C1.I. The van der Waals surface area contributed by atoms with E-state index in [1.807, 2.05) is 53.8 Å². The molecule has 9 nitrogen and oxygen atoms in total. The third-order valence-corrected chi connectivity index (χ3v) is 6.51. The fourth-order valence-corrected chi connectivity index (χ4v) is 4.50. The van der Waals surface area contributed by atoms with Gasteiger partial charge in [-0.05, 0) is 45.0 Å². The van der Waals surface area contributed by atoms with Crippen LogP contribution in [0.1, 0.15) is 37.8 Å². The Morgan fingerprint density at radius 3 is 2.73 bits per heavy atom. The van der Waals surface area contributed by atoms with Gasteiger partial charge in [-0.25, -0.2) is 4.99 Å². The summed E-state index contributed by atoms with van der Waals surface area (Å²) in [4.78, 5) is 21.8. The second kappa shape index (κ2) is 11.8. The van der Waals surface area contributed by atoms with Crippen molar-refractivity contribution in [2.45, 2.75) is 51.7 Å². The Labute approximate surface area is 213 Å². The molecular formula is C23H35IN8O. The third kappa shape index (κ3) is 6.23. The Kier molecular flexibility index (Phi) is 9.07. The van der Waals surface area contributed by atoms with E-state index >= 15 is 0 Å². The van der Waals surface area contributed by atoms with Crippen molar-refractivity contribution in [1.82, 2.24) is 30.3 Å². The topological polar surface area (TPSA) is 90.7 Å². The van der Waals surface area contributed by atoms with E-state index in [4.69, 9.17) is 4.99 Å². The smallest absolute Gasteiger partial charge is 0.229 e. The first-order valence-corrected chi connectivity index (χ1v) is 11.5. The van der Waals surface area contributed by atoms with E-state index in [0.717, 1.165) is 42.9 Å². The van der Waals surface area contributed by atoms with Crippen molar-refractivity contribution in [1.29, 1.82) is 0 Å². The molecule has 0 bridgehead atoms. The molecule has 2 N–H and O–H groups in total. The van der Waals surface area contributed by atoms with Gasteiger partial charge >= 0.3 is 0 Å².